The van der Waals surface area contributed by atoms with Crippen LogP contribution in [0.2, 0.25) is 0 Å². The number of carbonyl (C=O) groups excluding carboxylic acids is 2. The summed E-state index contributed by atoms with van der Waals surface area (Å²) < 4.78 is 4.26. The van der Waals surface area contributed by atoms with Gasteiger partial charge in [0.05, 0.1) is 6.54 Å². The number of aryl methyl sites for hydroxylation is 1. The lowest BCUT2D eigenvalue weighted by Gasteiger charge is -2.37. The number of imide groups is 1. The average Bonchev–Trinajstić information content (AvgIpc) is 2.96. The van der Waals surface area contributed by atoms with Crippen LogP contribution in [0.5, 0.6) is 0 Å². The summed E-state index contributed by atoms with van der Waals surface area (Å²) in [7, 11) is 0. The van der Waals surface area contributed by atoms with Crippen molar-refractivity contribution in [1.82, 2.24) is 20.0 Å². The molecule has 3 rings (SSSR count). The van der Waals surface area contributed by atoms with Gasteiger partial charge in [0.15, 0.2) is 0 Å². The number of urea groups is 1. The second kappa shape index (κ2) is 4.44. The highest BCUT2D eigenvalue weighted by Gasteiger charge is 2.49. The van der Waals surface area contributed by atoms with Gasteiger partial charge >= 0.3 is 6.03 Å². The molecular weight excluding hydrogens is 266 g/mol. The molecule has 0 saturated carbocycles. The number of piperidine rings is 1. The number of rotatable bonds is 2. The van der Waals surface area contributed by atoms with Crippen molar-refractivity contribution in [3.05, 3.63) is 5.82 Å². The van der Waals surface area contributed by atoms with Crippen LogP contribution in [0.4, 0.5) is 9.93 Å². The van der Waals surface area contributed by atoms with Gasteiger partial charge in [-0.2, -0.15) is 4.37 Å². The molecule has 7 nitrogen and oxygen atoms in total. The number of carbonyl (C=O) groups is 2. The molecule has 3 heterocycles. The van der Waals surface area contributed by atoms with E-state index in [1.54, 1.807) is 0 Å². The summed E-state index contributed by atoms with van der Waals surface area (Å²) in [5.41, 5.74) is -0.798. The van der Waals surface area contributed by atoms with E-state index in [0.717, 1.165) is 30.3 Å². The Bertz CT molecular complexity index is 531. The van der Waals surface area contributed by atoms with Crippen LogP contribution in [-0.2, 0) is 11.2 Å². The molecule has 102 valence electrons. The standard InChI is InChI=1S/C11H15N5O2S/c1-2-7-12-10(19-15-7)16-5-3-4-11(6-16)8(17)13-9(18)14-11/h2-6H2,1H3,(H2,13,14,17,18). The number of hydrogen-bond acceptors (Lipinski definition) is 6. The first-order valence-electron chi connectivity index (χ1n) is 6.34. The van der Waals surface area contributed by atoms with Crippen LogP contribution >= 0.6 is 11.5 Å². The highest BCUT2D eigenvalue weighted by molar-refractivity contribution is 7.09. The smallest absolute Gasteiger partial charge is 0.322 e. The Balaban J connectivity index is 1.81. The zero-order valence-corrected chi connectivity index (χ0v) is 11.4. The summed E-state index contributed by atoms with van der Waals surface area (Å²) in [5, 5.41) is 5.90. The van der Waals surface area contributed by atoms with Crippen molar-refractivity contribution >= 4 is 28.6 Å². The largest absolute Gasteiger partial charge is 0.344 e. The van der Waals surface area contributed by atoms with Gasteiger partial charge in [0.1, 0.15) is 11.4 Å². The van der Waals surface area contributed by atoms with Crippen LogP contribution in [0.3, 0.4) is 0 Å². The first-order valence-corrected chi connectivity index (χ1v) is 7.11. The van der Waals surface area contributed by atoms with Gasteiger partial charge < -0.3 is 10.2 Å². The second-order valence-electron chi connectivity index (χ2n) is 4.86. The Labute approximate surface area is 114 Å². The molecule has 2 aliphatic rings. The molecular formula is C11H15N5O2S. The summed E-state index contributed by atoms with van der Waals surface area (Å²) in [5.74, 6) is 0.585. The monoisotopic (exact) mass is 281 g/mol. The third kappa shape index (κ3) is 2.05. The normalized spacial score (nSPS) is 26.7. The van der Waals surface area contributed by atoms with E-state index in [9.17, 15) is 9.59 Å². The SMILES string of the molecule is CCc1nsc(N2CCCC3(C2)NC(=O)NC3=O)n1. The zero-order valence-electron chi connectivity index (χ0n) is 10.6. The number of anilines is 1. The molecule has 1 spiro atoms. The predicted molar refractivity (Wildman–Crippen MR) is 70.1 cm³/mol. The van der Waals surface area contributed by atoms with E-state index in [1.807, 2.05) is 11.8 Å². The van der Waals surface area contributed by atoms with Gasteiger partial charge in [0.2, 0.25) is 5.13 Å². The lowest BCUT2D eigenvalue weighted by molar-refractivity contribution is -0.124. The minimum absolute atomic E-state index is 0.234. The first-order chi connectivity index (χ1) is 9.13. The van der Waals surface area contributed by atoms with E-state index in [1.165, 1.54) is 11.5 Å². The molecule has 0 aliphatic carbocycles. The highest BCUT2D eigenvalue weighted by Crippen LogP contribution is 2.29. The Hall–Kier alpha value is -1.70. The molecule has 1 aromatic heterocycles. The van der Waals surface area contributed by atoms with Gasteiger partial charge in [-0.1, -0.05) is 6.92 Å². The van der Waals surface area contributed by atoms with Crippen molar-refractivity contribution in [3.8, 4) is 0 Å². The van der Waals surface area contributed by atoms with Crippen molar-refractivity contribution in [2.24, 2.45) is 0 Å². The Morgan fingerprint density at radius 2 is 2.32 bits per heavy atom. The van der Waals surface area contributed by atoms with E-state index in [-0.39, 0.29) is 5.91 Å². The topological polar surface area (TPSA) is 87.2 Å². The fraction of sp³-hybridized carbons (Fsp3) is 0.636. The van der Waals surface area contributed by atoms with E-state index in [4.69, 9.17) is 0 Å². The molecule has 1 unspecified atom stereocenters. The second-order valence-corrected chi connectivity index (χ2v) is 5.59. The molecule has 2 fully saturated rings. The highest BCUT2D eigenvalue weighted by atomic mass is 32.1. The molecule has 0 radical (unpaired) electrons. The van der Waals surface area contributed by atoms with Gasteiger partial charge in [-0.05, 0) is 12.8 Å². The third-order valence-corrected chi connectivity index (χ3v) is 4.37. The zero-order chi connectivity index (χ0) is 13.5. The van der Waals surface area contributed by atoms with E-state index in [0.29, 0.717) is 13.0 Å². The number of nitrogens with zero attached hydrogens (tertiary/aromatic N) is 3. The molecule has 3 amide bonds. The van der Waals surface area contributed by atoms with Crippen molar-refractivity contribution in [1.29, 1.82) is 0 Å². The maximum Gasteiger partial charge on any atom is 0.322 e. The van der Waals surface area contributed by atoms with Crippen LogP contribution in [-0.4, -0.2) is 39.9 Å². The van der Waals surface area contributed by atoms with Crippen LogP contribution < -0.4 is 15.5 Å². The van der Waals surface area contributed by atoms with Crippen molar-refractivity contribution in [2.75, 3.05) is 18.0 Å². The summed E-state index contributed by atoms with van der Waals surface area (Å²) in [6.07, 6.45) is 2.31. The lowest BCUT2D eigenvalue weighted by atomic mass is 9.89. The average molecular weight is 281 g/mol. The van der Waals surface area contributed by atoms with Gasteiger partial charge in [-0.25, -0.2) is 9.78 Å². The van der Waals surface area contributed by atoms with Crippen LogP contribution in [0.15, 0.2) is 0 Å². The van der Waals surface area contributed by atoms with Gasteiger partial charge in [0.25, 0.3) is 5.91 Å². The Kier molecular flexibility index (Phi) is 2.89. The van der Waals surface area contributed by atoms with E-state index in [2.05, 4.69) is 20.0 Å². The Morgan fingerprint density at radius 1 is 1.47 bits per heavy atom. The maximum absolute atomic E-state index is 11.9. The fourth-order valence-electron chi connectivity index (χ4n) is 2.55. The number of nitrogens with one attached hydrogen (secondary N) is 2. The third-order valence-electron chi connectivity index (χ3n) is 3.55. The van der Waals surface area contributed by atoms with E-state index < -0.39 is 11.6 Å². The molecule has 2 aliphatic heterocycles. The van der Waals surface area contributed by atoms with Gasteiger partial charge in [0, 0.05) is 24.5 Å². The molecule has 8 heteroatoms. The van der Waals surface area contributed by atoms with Gasteiger partial charge in [-0.3, -0.25) is 10.1 Å². The molecule has 0 bridgehead atoms. The molecule has 19 heavy (non-hydrogen) atoms. The quantitative estimate of drug-likeness (QED) is 0.760. The van der Waals surface area contributed by atoms with Crippen molar-refractivity contribution < 1.29 is 9.59 Å². The van der Waals surface area contributed by atoms with Crippen LogP contribution in [0.1, 0.15) is 25.6 Å². The van der Waals surface area contributed by atoms with Crippen LogP contribution in [0, 0.1) is 0 Å². The molecule has 0 aromatic carbocycles. The van der Waals surface area contributed by atoms with Crippen molar-refractivity contribution in [3.63, 3.8) is 0 Å². The molecule has 1 aromatic rings. The summed E-state index contributed by atoms with van der Waals surface area (Å²) in [6, 6.07) is -0.404. The van der Waals surface area contributed by atoms with Gasteiger partial charge in [-0.15, -0.1) is 0 Å². The number of hydrogen-bond donors (Lipinski definition) is 2. The first kappa shape index (κ1) is 12.3. The van der Waals surface area contributed by atoms with Crippen LogP contribution in [0.25, 0.3) is 0 Å². The number of amides is 3. The molecule has 2 N–H and O–H groups in total. The Morgan fingerprint density at radius 3 is 2.95 bits per heavy atom. The number of aromatic nitrogens is 2. The minimum Gasteiger partial charge on any atom is -0.344 e. The van der Waals surface area contributed by atoms with E-state index >= 15 is 0 Å². The summed E-state index contributed by atoms with van der Waals surface area (Å²) in [6.45, 7) is 3.31. The maximum atomic E-state index is 11.9. The molecule has 2 saturated heterocycles. The predicted octanol–water partition coefficient (Wildman–Crippen LogP) is 0.279. The van der Waals surface area contributed by atoms with Crippen molar-refractivity contribution in [2.45, 2.75) is 31.7 Å². The summed E-state index contributed by atoms with van der Waals surface area (Å²) >= 11 is 1.35. The molecule has 1 atom stereocenters. The fourth-order valence-corrected chi connectivity index (χ4v) is 3.33. The lowest BCUT2D eigenvalue weighted by Crippen LogP contribution is -2.58. The minimum atomic E-state index is -0.798. The summed E-state index contributed by atoms with van der Waals surface area (Å²) in [4.78, 5) is 29.8.